The van der Waals surface area contributed by atoms with E-state index in [2.05, 4.69) is 9.88 Å². The molecule has 0 atom stereocenters. The number of benzene rings is 1. The van der Waals surface area contributed by atoms with E-state index in [4.69, 9.17) is 22.0 Å². The molecule has 0 bridgehead atoms. The quantitative estimate of drug-likeness (QED) is 0.368. The third-order valence-electron chi connectivity index (χ3n) is 2.29. The summed E-state index contributed by atoms with van der Waals surface area (Å²) in [7, 11) is 1.88. The second kappa shape index (κ2) is 6.44. The van der Waals surface area contributed by atoms with Crippen molar-refractivity contribution < 1.29 is 15.3 Å². The van der Waals surface area contributed by atoms with Crippen molar-refractivity contribution in [2.45, 2.75) is 13.5 Å². The summed E-state index contributed by atoms with van der Waals surface area (Å²) in [6.45, 7) is 2.54. The molecule has 1 rings (SSSR count). The van der Waals surface area contributed by atoms with Gasteiger partial charge in [-0.05, 0) is 13.0 Å². The second-order valence-electron chi connectivity index (χ2n) is 3.48. The lowest BCUT2D eigenvalue weighted by atomic mass is 10.2. The van der Waals surface area contributed by atoms with Crippen molar-refractivity contribution in [3.8, 4) is 5.75 Å². The van der Waals surface area contributed by atoms with Gasteiger partial charge in [0.15, 0.2) is 5.75 Å². The number of halogens is 1. The normalized spacial score (nSPS) is 10.9. The van der Waals surface area contributed by atoms with E-state index >= 15 is 0 Å². The average Bonchev–Trinajstić information content (AvgIpc) is 2.36. The van der Waals surface area contributed by atoms with Crippen LogP contribution in [0.3, 0.4) is 0 Å². The topological polar surface area (TPSA) is 65.3 Å². The molecule has 0 spiro atoms. The minimum atomic E-state index is -0.269. The van der Waals surface area contributed by atoms with Gasteiger partial charge in [0.1, 0.15) is 0 Å². The summed E-state index contributed by atoms with van der Waals surface area (Å²) >= 11 is 5.98. The van der Waals surface area contributed by atoms with E-state index in [9.17, 15) is 0 Å². The van der Waals surface area contributed by atoms with Gasteiger partial charge >= 0.3 is 0 Å². The van der Waals surface area contributed by atoms with Crippen LogP contribution in [0.4, 0.5) is 5.69 Å². The molecule has 1 aromatic carbocycles. The highest BCUT2D eigenvalue weighted by molar-refractivity contribution is 6.33. The number of aliphatic hydroxyl groups is 1. The van der Waals surface area contributed by atoms with E-state index in [1.165, 1.54) is 12.1 Å². The summed E-state index contributed by atoms with van der Waals surface area (Å²) in [6, 6.07) is 2.97. The predicted octanol–water partition coefficient (Wildman–Crippen LogP) is 2.30. The molecule has 0 radical (unpaired) electrons. The Labute approximate surface area is 105 Å². The highest BCUT2D eigenvalue weighted by Gasteiger charge is 2.09. The zero-order valence-electron chi connectivity index (χ0n) is 9.72. The Kier molecular flexibility index (Phi) is 5.21. The Morgan fingerprint density at radius 3 is 2.76 bits per heavy atom. The minimum absolute atomic E-state index is 0.142. The van der Waals surface area contributed by atoms with Gasteiger partial charge in [-0.1, -0.05) is 11.6 Å². The van der Waals surface area contributed by atoms with Crippen LogP contribution in [0.1, 0.15) is 12.5 Å². The van der Waals surface area contributed by atoms with Crippen LogP contribution in [0.2, 0.25) is 5.02 Å². The molecule has 0 aliphatic rings. The first-order chi connectivity index (χ1) is 8.12. The number of nitrogens with zero attached hydrogens (tertiary/aromatic N) is 2. The van der Waals surface area contributed by atoms with Crippen LogP contribution in [0.15, 0.2) is 17.1 Å². The maximum absolute atomic E-state index is 9.02. The van der Waals surface area contributed by atoms with Crippen LogP contribution in [0.25, 0.3) is 0 Å². The molecule has 0 aromatic heterocycles. The lowest BCUT2D eigenvalue weighted by molar-refractivity contribution is -0.138. The van der Waals surface area contributed by atoms with Gasteiger partial charge in [-0.15, -0.1) is 0 Å². The van der Waals surface area contributed by atoms with E-state index in [0.29, 0.717) is 16.3 Å². The minimum Gasteiger partial charge on any atom is -0.392 e. The van der Waals surface area contributed by atoms with Crippen molar-refractivity contribution in [1.82, 2.24) is 4.90 Å². The van der Waals surface area contributed by atoms with E-state index in [0.717, 1.165) is 6.54 Å². The van der Waals surface area contributed by atoms with E-state index in [1.807, 2.05) is 18.9 Å². The fourth-order valence-electron chi connectivity index (χ4n) is 1.13. The highest BCUT2D eigenvalue weighted by Crippen LogP contribution is 2.32. The number of aliphatic hydroxyl groups excluding tert-OH is 1. The molecule has 0 aliphatic carbocycles. The van der Waals surface area contributed by atoms with Crippen LogP contribution < -0.4 is 4.89 Å². The highest BCUT2D eigenvalue weighted by atomic mass is 35.5. The first-order valence-electron chi connectivity index (χ1n) is 5.11. The lowest BCUT2D eigenvalue weighted by Gasteiger charge is -2.10. The number of hydrogen-bond acceptors (Lipinski definition) is 4. The summed E-state index contributed by atoms with van der Waals surface area (Å²) in [5, 5.41) is 18.1. The molecular weight excluding hydrogens is 244 g/mol. The molecule has 0 fully saturated rings. The number of hydrogen-bond donors (Lipinski definition) is 2. The molecule has 17 heavy (non-hydrogen) atoms. The third kappa shape index (κ3) is 3.59. The van der Waals surface area contributed by atoms with Gasteiger partial charge in [0.2, 0.25) is 0 Å². The van der Waals surface area contributed by atoms with Crippen molar-refractivity contribution in [2.75, 3.05) is 13.6 Å². The Balaban J connectivity index is 3.04. The molecular formula is C11H15ClN2O3. The molecule has 5 nitrogen and oxygen atoms in total. The Morgan fingerprint density at radius 1 is 1.53 bits per heavy atom. The Morgan fingerprint density at radius 2 is 2.24 bits per heavy atom. The molecule has 0 unspecified atom stereocenters. The maximum Gasteiger partial charge on any atom is 0.172 e. The summed E-state index contributed by atoms with van der Waals surface area (Å²) in [6.07, 6.45) is 1.63. The van der Waals surface area contributed by atoms with Crippen LogP contribution in [-0.4, -0.2) is 35.2 Å². The van der Waals surface area contributed by atoms with Crippen LogP contribution in [0.5, 0.6) is 5.75 Å². The maximum atomic E-state index is 9.02. The van der Waals surface area contributed by atoms with Crippen molar-refractivity contribution in [3.63, 3.8) is 0 Å². The molecule has 0 saturated carbocycles. The Bertz CT molecular complexity index is 410. The zero-order chi connectivity index (χ0) is 12.8. The van der Waals surface area contributed by atoms with Gasteiger partial charge in [0, 0.05) is 25.2 Å². The molecule has 0 heterocycles. The van der Waals surface area contributed by atoms with Crippen molar-refractivity contribution >= 4 is 23.6 Å². The number of rotatable bonds is 5. The summed E-state index contributed by atoms with van der Waals surface area (Å²) < 4.78 is 0. The Hall–Kier alpha value is -1.30. The van der Waals surface area contributed by atoms with Gasteiger partial charge in [0.25, 0.3) is 0 Å². The number of aliphatic imine (C=N–C) groups is 1. The molecule has 1 aromatic rings. The summed E-state index contributed by atoms with van der Waals surface area (Å²) in [5.41, 5.74) is 0.869. The van der Waals surface area contributed by atoms with Gasteiger partial charge in [-0.2, -0.15) is 0 Å². The fourth-order valence-corrected chi connectivity index (χ4v) is 1.37. The van der Waals surface area contributed by atoms with Crippen molar-refractivity contribution in [2.24, 2.45) is 4.99 Å². The molecule has 6 heteroatoms. The molecule has 0 aliphatic heterocycles. The summed E-state index contributed by atoms with van der Waals surface area (Å²) in [4.78, 5) is 10.2. The van der Waals surface area contributed by atoms with Crippen molar-refractivity contribution in [3.05, 3.63) is 22.7 Å². The van der Waals surface area contributed by atoms with Gasteiger partial charge in [0.05, 0.1) is 23.7 Å². The molecule has 0 amide bonds. The molecule has 94 valence electrons. The molecule has 2 N–H and O–H groups in total. The van der Waals surface area contributed by atoms with E-state index in [1.54, 1.807) is 6.34 Å². The largest absolute Gasteiger partial charge is 0.392 e. The lowest BCUT2D eigenvalue weighted by Crippen LogP contribution is -2.14. The standard InChI is InChI=1S/C11H15ClN2O3/c1-3-14(2)7-13-10-5-11(17-16)8(6-15)4-9(10)12/h4-5,7,15-16H,3,6H2,1-2H3/b13-7+. The average molecular weight is 259 g/mol. The second-order valence-corrected chi connectivity index (χ2v) is 3.89. The SMILES string of the molecule is CCN(C)/C=N/c1cc(OO)c(CO)cc1Cl. The van der Waals surface area contributed by atoms with Gasteiger partial charge < -0.3 is 14.9 Å². The monoisotopic (exact) mass is 258 g/mol. The van der Waals surface area contributed by atoms with E-state index in [-0.39, 0.29) is 12.4 Å². The first-order valence-corrected chi connectivity index (χ1v) is 5.49. The fraction of sp³-hybridized carbons (Fsp3) is 0.364. The zero-order valence-corrected chi connectivity index (χ0v) is 10.5. The summed E-state index contributed by atoms with van der Waals surface area (Å²) in [5.74, 6) is 0.142. The third-order valence-corrected chi connectivity index (χ3v) is 2.59. The van der Waals surface area contributed by atoms with Crippen LogP contribution >= 0.6 is 11.6 Å². The van der Waals surface area contributed by atoms with Gasteiger partial charge in [-0.3, -0.25) is 0 Å². The first kappa shape index (κ1) is 13.8. The smallest absolute Gasteiger partial charge is 0.172 e. The van der Waals surface area contributed by atoms with Crippen LogP contribution in [0, 0.1) is 0 Å². The van der Waals surface area contributed by atoms with Crippen LogP contribution in [-0.2, 0) is 6.61 Å². The predicted molar refractivity (Wildman–Crippen MR) is 67.1 cm³/mol. The van der Waals surface area contributed by atoms with Gasteiger partial charge in [-0.25, -0.2) is 10.2 Å². The van der Waals surface area contributed by atoms with E-state index < -0.39 is 0 Å². The van der Waals surface area contributed by atoms with Crippen molar-refractivity contribution in [1.29, 1.82) is 0 Å². The molecule has 0 saturated heterocycles.